The normalized spacial score (nSPS) is 13.7. The van der Waals surface area contributed by atoms with Gasteiger partial charge in [-0.25, -0.2) is 4.99 Å². The van der Waals surface area contributed by atoms with Crippen molar-refractivity contribution in [3.8, 4) is 11.6 Å². The number of hydrogen-bond acceptors (Lipinski definition) is 6. The van der Waals surface area contributed by atoms with Crippen molar-refractivity contribution in [1.29, 1.82) is 0 Å². The molecule has 5 rings (SSSR count). The number of ether oxygens (including phenoxy) is 1. The molecule has 0 saturated heterocycles. The second kappa shape index (κ2) is 8.49. The van der Waals surface area contributed by atoms with E-state index in [4.69, 9.17) is 21.3 Å². The third-order valence-corrected chi connectivity index (χ3v) is 6.30. The number of anilines is 2. The van der Waals surface area contributed by atoms with Gasteiger partial charge in [0.15, 0.2) is 5.13 Å². The lowest BCUT2D eigenvalue weighted by Crippen LogP contribution is -1.99. The molecule has 0 fully saturated rings. The summed E-state index contributed by atoms with van der Waals surface area (Å²) in [5.74, 6) is 0.648. The number of rotatable bonds is 5. The molecule has 0 saturated carbocycles. The van der Waals surface area contributed by atoms with Crippen LogP contribution in [-0.4, -0.2) is 22.9 Å². The van der Waals surface area contributed by atoms with E-state index in [1.54, 1.807) is 13.2 Å². The van der Waals surface area contributed by atoms with Crippen molar-refractivity contribution in [1.82, 2.24) is 4.98 Å². The molecule has 0 spiro atoms. The Bertz CT molecular complexity index is 1360. The van der Waals surface area contributed by atoms with Crippen molar-refractivity contribution < 1.29 is 9.84 Å². The number of allylic oxidation sites excluding steroid dienone is 1. The van der Waals surface area contributed by atoms with Crippen LogP contribution in [0, 0.1) is 0 Å². The number of hydrogen-bond donors (Lipinski definition) is 2. The molecule has 1 aliphatic heterocycles. The fourth-order valence-corrected chi connectivity index (χ4v) is 4.56. The molecule has 0 radical (unpaired) electrons. The lowest BCUT2D eigenvalue weighted by Gasteiger charge is -2.06. The van der Waals surface area contributed by atoms with Gasteiger partial charge in [0.1, 0.15) is 11.4 Å². The standard InChI is InChI=1S/C25H18ClN3O2S/c1-31-20-13-7-10-16-17(22(28-23(16)20)15-8-3-2-4-9-15)14-21-24(30)29-25(32-21)27-19-12-6-5-11-18(19)26/h2-14,30H,1H3,(H,27,29). The van der Waals surface area contributed by atoms with Gasteiger partial charge in [-0.1, -0.05) is 77.5 Å². The van der Waals surface area contributed by atoms with Crippen LogP contribution in [0.2, 0.25) is 5.02 Å². The Hall–Kier alpha value is -3.61. The third-order valence-electron chi connectivity index (χ3n) is 5.06. The van der Waals surface area contributed by atoms with Crippen molar-refractivity contribution in [2.45, 2.75) is 0 Å². The fourth-order valence-electron chi connectivity index (χ4n) is 3.56. The summed E-state index contributed by atoms with van der Waals surface area (Å²) < 4.78 is 5.53. The number of thiazole rings is 1. The number of para-hydroxylation sites is 2. The molecule has 0 bridgehead atoms. The molecule has 0 atom stereocenters. The largest absolute Gasteiger partial charge is 0.494 e. The quantitative estimate of drug-likeness (QED) is 0.339. The maximum Gasteiger partial charge on any atom is 0.231 e. The van der Waals surface area contributed by atoms with Crippen molar-refractivity contribution in [2.24, 2.45) is 4.99 Å². The van der Waals surface area contributed by atoms with Gasteiger partial charge in [-0.2, -0.15) is 4.98 Å². The molecule has 1 aromatic heterocycles. The summed E-state index contributed by atoms with van der Waals surface area (Å²) in [7, 11) is 1.64. The van der Waals surface area contributed by atoms with Gasteiger partial charge < -0.3 is 15.2 Å². The minimum Gasteiger partial charge on any atom is -0.494 e. The molecular weight excluding hydrogens is 442 g/mol. The van der Waals surface area contributed by atoms with Crippen LogP contribution in [0.3, 0.4) is 0 Å². The molecule has 2 N–H and O–H groups in total. The van der Waals surface area contributed by atoms with E-state index in [1.807, 2.05) is 72.8 Å². The molecule has 1 aliphatic rings. The van der Waals surface area contributed by atoms with Gasteiger partial charge in [0.05, 0.1) is 28.4 Å². The molecule has 4 aromatic rings. The summed E-state index contributed by atoms with van der Waals surface area (Å²) in [5, 5.41) is 14.9. The molecular formula is C25H18ClN3O2S. The molecule has 7 heteroatoms. The lowest BCUT2D eigenvalue weighted by atomic mass is 9.97. The first kappa shape index (κ1) is 20.3. The van der Waals surface area contributed by atoms with E-state index in [0.29, 0.717) is 20.8 Å². The first-order valence-electron chi connectivity index (χ1n) is 9.89. The topological polar surface area (TPSA) is 66.7 Å². The second-order valence-electron chi connectivity index (χ2n) is 7.05. The fraction of sp³-hybridized carbons (Fsp3) is 0.0400. The number of methoxy groups -OCH3 is 1. The highest BCUT2D eigenvalue weighted by atomic mass is 35.5. The number of benzene rings is 3. The lowest BCUT2D eigenvalue weighted by molar-refractivity contribution is 0.416. The van der Waals surface area contributed by atoms with E-state index < -0.39 is 0 Å². The van der Waals surface area contributed by atoms with Crippen LogP contribution in [0.15, 0.2) is 77.8 Å². The Morgan fingerprint density at radius 2 is 1.78 bits per heavy atom. The van der Waals surface area contributed by atoms with Gasteiger partial charge >= 0.3 is 0 Å². The maximum absolute atomic E-state index is 10.6. The zero-order valence-electron chi connectivity index (χ0n) is 17.0. The number of aromatic hydroxyl groups is 1. The second-order valence-corrected chi connectivity index (χ2v) is 8.49. The van der Waals surface area contributed by atoms with E-state index in [2.05, 4.69) is 10.3 Å². The van der Waals surface area contributed by atoms with Gasteiger partial charge in [0, 0.05) is 16.7 Å². The van der Waals surface area contributed by atoms with Gasteiger partial charge in [-0.15, -0.1) is 0 Å². The highest BCUT2D eigenvalue weighted by Gasteiger charge is 2.25. The summed E-state index contributed by atoms with van der Waals surface area (Å²) in [4.78, 5) is 9.77. The molecule has 32 heavy (non-hydrogen) atoms. The van der Waals surface area contributed by atoms with Crippen LogP contribution in [0.4, 0.5) is 16.5 Å². The van der Waals surface area contributed by atoms with Crippen molar-refractivity contribution in [3.05, 3.63) is 93.8 Å². The van der Waals surface area contributed by atoms with Crippen molar-refractivity contribution >= 4 is 56.8 Å². The number of nitrogens with zero attached hydrogens (tertiary/aromatic N) is 2. The van der Waals surface area contributed by atoms with Crippen LogP contribution in [0.25, 0.3) is 11.6 Å². The van der Waals surface area contributed by atoms with Crippen molar-refractivity contribution in [2.75, 3.05) is 12.4 Å². The minimum absolute atomic E-state index is 0.0548. The van der Waals surface area contributed by atoms with E-state index >= 15 is 0 Å². The van der Waals surface area contributed by atoms with Gasteiger partial charge in [-0.05, 0) is 24.3 Å². The number of halogens is 1. The van der Waals surface area contributed by atoms with Gasteiger partial charge in [0.2, 0.25) is 5.88 Å². The van der Waals surface area contributed by atoms with E-state index in [0.717, 1.165) is 33.8 Å². The van der Waals surface area contributed by atoms with Gasteiger partial charge in [0.25, 0.3) is 0 Å². The number of nitrogens with one attached hydrogen (secondary N) is 1. The SMILES string of the molecule is COc1cccc2c1N=C(c1ccccc1)C2=Cc1sc(Nc2ccccc2Cl)nc1O. The van der Waals surface area contributed by atoms with E-state index in [1.165, 1.54) is 11.3 Å². The van der Waals surface area contributed by atoms with E-state index in [9.17, 15) is 5.11 Å². The zero-order valence-corrected chi connectivity index (χ0v) is 18.6. The predicted octanol–water partition coefficient (Wildman–Crippen LogP) is 6.93. The summed E-state index contributed by atoms with van der Waals surface area (Å²) in [6.07, 6.45) is 1.92. The molecule has 5 nitrogen and oxygen atoms in total. The van der Waals surface area contributed by atoms with Crippen LogP contribution in [0.5, 0.6) is 11.6 Å². The molecule has 0 unspecified atom stereocenters. The molecule has 0 aliphatic carbocycles. The van der Waals surface area contributed by atoms with Crippen LogP contribution in [-0.2, 0) is 0 Å². The van der Waals surface area contributed by atoms with Gasteiger partial charge in [-0.3, -0.25) is 0 Å². The van der Waals surface area contributed by atoms with Crippen LogP contribution in [0.1, 0.15) is 16.0 Å². The monoisotopic (exact) mass is 459 g/mol. The number of aliphatic imine (C=N–C) groups is 1. The smallest absolute Gasteiger partial charge is 0.231 e. The number of aromatic nitrogens is 1. The minimum atomic E-state index is -0.0548. The molecule has 2 heterocycles. The summed E-state index contributed by atoms with van der Waals surface area (Å²) in [5.41, 5.74) is 5.14. The Morgan fingerprint density at radius 1 is 1.00 bits per heavy atom. The average Bonchev–Trinajstić information content (AvgIpc) is 3.36. The molecule has 3 aromatic carbocycles. The highest BCUT2D eigenvalue weighted by Crippen LogP contribution is 2.45. The Kier molecular flexibility index (Phi) is 5.39. The average molecular weight is 460 g/mol. The Balaban J connectivity index is 1.59. The van der Waals surface area contributed by atoms with Crippen LogP contribution < -0.4 is 10.1 Å². The Labute approximate surface area is 194 Å². The summed E-state index contributed by atoms with van der Waals surface area (Å²) >= 11 is 7.58. The summed E-state index contributed by atoms with van der Waals surface area (Å²) in [6, 6.07) is 23.2. The maximum atomic E-state index is 10.6. The highest BCUT2D eigenvalue weighted by molar-refractivity contribution is 7.16. The first-order chi connectivity index (χ1) is 15.6. The zero-order chi connectivity index (χ0) is 22.1. The predicted molar refractivity (Wildman–Crippen MR) is 132 cm³/mol. The van der Waals surface area contributed by atoms with Crippen molar-refractivity contribution in [3.63, 3.8) is 0 Å². The summed E-state index contributed by atoms with van der Waals surface area (Å²) in [6.45, 7) is 0. The molecule has 158 valence electrons. The Morgan fingerprint density at radius 3 is 2.56 bits per heavy atom. The number of fused-ring (bicyclic) bond motifs is 1. The third kappa shape index (κ3) is 3.75. The van der Waals surface area contributed by atoms with Crippen LogP contribution >= 0.6 is 22.9 Å². The first-order valence-corrected chi connectivity index (χ1v) is 11.1. The molecule has 0 amide bonds. The van der Waals surface area contributed by atoms with E-state index in [-0.39, 0.29) is 5.88 Å².